The molecule has 2 aliphatic heterocycles. The zero-order valence-corrected chi connectivity index (χ0v) is 26.3. The van der Waals surface area contributed by atoms with E-state index in [0.29, 0.717) is 42.6 Å². The smallest absolute Gasteiger partial charge is 0.350 e. The molecule has 0 radical (unpaired) electrons. The number of aliphatic hydroxyl groups is 1. The van der Waals surface area contributed by atoms with Gasteiger partial charge in [-0.05, 0) is 81.1 Å². The molecule has 9 nitrogen and oxygen atoms in total. The third-order valence-corrected chi connectivity index (χ3v) is 10.6. The maximum Gasteiger partial charge on any atom is 0.350 e. The zero-order chi connectivity index (χ0) is 31.8. The second-order valence-electron chi connectivity index (χ2n) is 13.2. The Kier molecular flexibility index (Phi) is 8.87. The first-order valence-corrected chi connectivity index (χ1v) is 16.4. The molecule has 5 N–H and O–H groups in total. The van der Waals surface area contributed by atoms with Crippen molar-refractivity contribution in [3.63, 3.8) is 0 Å². The molecule has 5 aliphatic rings. The van der Waals surface area contributed by atoms with E-state index in [4.69, 9.17) is 15.2 Å². The first-order valence-electron chi connectivity index (χ1n) is 16.4. The Morgan fingerprint density at radius 1 is 1.20 bits per heavy atom. The summed E-state index contributed by atoms with van der Waals surface area (Å²) in [6.45, 7) is 5.26. The lowest BCUT2D eigenvalue weighted by molar-refractivity contribution is -0.150. The number of benzene rings is 1. The predicted octanol–water partition coefficient (Wildman–Crippen LogP) is 3.90. The summed E-state index contributed by atoms with van der Waals surface area (Å²) in [5, 5.41) is 17.1. The summed E-state index contributed by atoms with van der Waals surface area (Å²) < 4.78 is 12.1. The highest BCUT2D eigenvalue weighted by molar-refractivity contribution is 6.32. The van der Waals surface area contributed by atoms with E-state index in [1.807, 2.05) is 13.0 Å². The van der Waals surface area contributed by atoms with Crippen LogP contribution in [0.15, 0.2) is 71.1 Å². The fourth-order valence-electron chi connectivity index (χ4n) is 7.97. The van der Waals surface area contributed by atoms with E-state index >= 15 is 0 Å². The van der Waals surface area contributed by atoms with Crippen LogP contribution in [0.25, 0.3) is 0 Å². The SMILES string of the molecule is CCN[C@H]1C[C@H]2C=CCC[C@H]2C[C@@H]1COC(=O)[C@]12O[C@@]1(C/C(CO)=C(\C)CCC1=CCNC(N)=C1)C(=O)c1ccccc1C2=O. The molecule has 0 amide bonds. The third-order valence-electron chi connectivity index (χ3n) is 10.6. The van der Waals surface area contributed by atoms with Crippen LogP contribution < -0.4 is 16.4 Å². The molecule has 9 heteroatoms. The number of epoxide rings is 1. The fourth-order valence-corrected chi connectivity index (χ4v) is 7.97. The molecule has 1 aromatic carbocycles. The summed E-state index contributed by atoms with van der Waals surface area (Å²) in [7, 11) is 0. The minimum atomic E-state index is -2.06. The summed E-state index contributed by atoms with van der Waals surface area (Å²) in [5.74, 6) is -0.0287. The van der Waals surface area contributed by atoms with Crippen molar-refractivity contribution < 1.29 is 29.0 Å². The van der Waals surface area contributed by atoms with Gasteiger partial charge in [-0.1, -0.05) is 55.0 Å². The summed E-state index contributed by atoms with van der Waals surface area (Å²) in [4.78, 5) is 42.2. The molecule has 1 saturated carbocycles. The molecule has 6 rings (SSSR count). The monoisotopic (exact) mass is 615 g/mol. The molecule has 0 aromatic heterocycles. The lowest BCUT2D eigenvalue weighted by atomic mass is 9.68. The van der Waals surface area contributed by atoms with Gasteiger partial charge in [0.1, 0.15) is 0 Å². The Bertz CT molecular complexity index is 1490. The summed E-state index contributed by atoms with van der Waals surface area (Å²) in [6, 6.07) is 6.72. The highest BCUT2D eigenvalue weighted by Crippen LogP contribution is 2.59. The van der Waals surface area contributed by atoms with Crippen molar-refractivity contribution in [3.8, 4) is 0 Å². The van der Waals surface area contributed by atoms with Crippen LogP contribution in [0.2, 0.25) is 0 Å². The highest BCUT2D eigenvalue weighted by atomic mass is 16.7. The van der Waals surface area contributed by atoms with Crippen LogP contribution in [0.3, 0.4) is 0 Å². The van der Waals surface area contributed by atoms with Crippen LogP contribution in [-0.4, -0.2) is 66.2 Å². The Morgan fingerprint density at radius 3 is 2.71 bits per heavy atom. The number of hydrogen-bond acceptors (Lipinski definition) is 9. The van der Waals surface area contributed by atoms with Gasteiger partial charge in [-0.2, -0.15) is 0 Å². The predicted molar refractivity (Wildman–Crippen MR) is 170 cm³/mol. The number of rotatable bonds is 11. The number of esters is 1. The second kappa shape index (κ2) is 12.7. The number of hydrogen-bond donors (Lipinski definition) is 4. The van der Waals surface area contributed by atoms with Crippen molar-refractivity contribution in [2.24, 2.45) is 23.5 Å². The van der Waals surface area contributed by atoms with E-state index in [1.165, 1.54) is 0 Å². The molecule has 0 unspecified atom stereocenters. The summed E-state index contributed by atoms with van der Waals surface area (Å²) >= 11 is 0. The number of nitrogens with one attached hydrogen (secondary N) is 2. The van der Waals surface area contributed by atoms with E-state index in [2.05, 4.69) is 35.8 Å². The molecule has 0 spiro atoms. The molecule has 3 aliphatic carbocycles. The van der Waals surface area contributed by atoms with Crippen LogP contribution >= 0.6 is 0 Å². The molecule has 1 saturated heterocycles. The van der Waals surface area contributed by atoms with Gasteiger partial charge in [0.15, 0.2) is 11.4 Å². The van der Waals surface area contributed by atoms with Crippen LogP contribution in [0.1, 0.15) is 79.5 Å². The molecule has 1 aromatic rings. The molecule has 2 fully saturated rings. The standard InChI is InChI=1S/C36H45N3O6/c1-3-38-30-18-25-9-5-4-8-24(25)17-26(30)21-44-34(43)36-33(42)29-11-7-6-10-28(29)32(41)35(36,45-36)19-27(20-40)22(2)12-13-23-14-15-39-31(37)16-23/h5-7,9-11,14,16,24-26,30,38-40H,3-4,8,12-13,15,17-21,37H2,1-2H3/b27-22-/t24-,25+,26+,30-,35-,36-/m0/s1. The normalized spacial score (nSPS) is 32.2. The minimum absolute atomic E-state index is 0.0680. The average Bonchev–Trinajstić information content (AvgIpc) is 3.75. The van der Waals surface area contributed by atoms with Gasteiger partial charge in [-0.25, -0.2) is 4.79 Å². The number of allylic oxidation sites excluding steroid dienone is 5. The van der Waals surface area contributed by atoms with Crippen molar-refractivity contribution >= 4 is 17.5 Å². The fraction of sp³-hybridized carbons (Fsp3) is 0.528. The van der Waals surface area contributed by atoms with E-state index in [9.17, 15) is 19.5 Å². The van der Waals surface area contributed by atoms with Gasteiger partial charge in [-0.15, -0.1) is 0 Å². The van der Waals surface area contributed by atoms with Gasteiger partial charge in [0.25, 0.3) is 5.60 Å². The van der Waals surface area contributed by atoms with Crippen LogP contribution in [0.5, 0.6) is 0 Å². The number of ether oxygens (including phenoxy) is 2. The van der Waals surface area contributed by atoms with Gasteiger partial charge < -0.3 is 30.9 Å². The van der Waals surface area contributed by atoms with E-state index in [0.717, 1.165) is 43.4 Å². The summed E-state index contributed by atoms with van der Waals surface area (Å²) in [6.07, 6.45) is 13.9. The Hall–Kier alpha value is -3.53. The van der Waals surface area contributed by atoms with Gasteiger partial charge >= 0.3 is 5.97 Å². The topological polar surface area (TPSA) is 143 Å². The molecular weight excluding hydrogens is 570 g/mol. The third kappa shape index (κ3) is 5.59. The molecule has 240 valence electrons. The molecule has 6 atom stereocenters. The van der Waals surface area contributed by atoms with Crippen molar-refractivity contribution in [1.82, 2.24) is 10.6 Å². The van der Waals surface area contributed by atoms with Crippen molar-refractivity contribution in [2.75, 3.05) is 26.3 Å². The lowest BCUT2D eigenvalue weighted by Crippen LogP contribution is -2.52. The molecule has 0 bridgehead atoms. The van der Waals surface area contributed by atoms with Crippen molar-refractivity contribution in [1.29, 1.82) is 0 Å². The highest BCUT2D eigenvalue weighted by Gasteiger charge is 2.85. The number of Topliss-reactive ketones (excluding diaryl/α,β-unsaturated/α-hetero) is 2. The van der Waals surface area contributed by atoms with Crippen LogP contribution in [0.4, 0.5) is 0 Å². The first-order chi connectivity index (χ1) is 21.7. The number of dihydropyridines is 1. The van der Waals surface area contributed by atoms with Crippen LogP contribution in [0, 0.1) is 17.8 Å². The van der Waals surface area contributed by atoms with Gasteiger partial charge in [0.2, 0.25) is 5.78 Å². The lowest BCUT2D eigenvalue weighted by Gasteiger charge is -2.42. The summed E-state index contributed by atoms with van der Waals surface area (Å²) in [5.41, 5.74) is 5.04. The molecule has 2 heterocycles. The van der Waals surface area contributed by atoms with E-state index < -0.39 is 28.7 Å². The number of carbonyl (C=O) groups excluding carboxylic acids is 3. The zero-order valence-electron chi connectivity index (χ0n) is 26.3. The van der Waals surface area contributed by atoms with E-state index in [-0.39, 0.29) is 42.7 Å². The maximum atomic E-state index is 14.1. The number of nitrogens with two attached hydrogens (primary N) is 1. The van der Waals surface area contributed by atoms with Crippen molar-refractivity contribution in [3.05, 3.63) is 82.2 Å². The van der Waals surface area contributed by atoms with E-state index in [1.54, 1.807) is 24.3 Å². The number of fused-ring (bicyclic) bond motifs is 3. The van der Waals surface area contributed by atoms with Crippen LogP contribution in [-0.2, 0) is 14.3 Å². The minimum Gasteiger partial charge on any atom is -0.463 e. The first kappa shape index (κ1) is 31.5. The second-order valence-corrected chi connectivity index (χ2v) is 13.2. The number of ketones is 2. The number of aliphatic hydroxyl groups excluding tert-OH is 1. The molecule has 45 heavy (non-hydrogen) atoms. The van der Waals surface area contributed by atoms with Crippen molar-refractivity contribution in [2.45, 2.75) is 76.0 Å². The largest absolute Gasteiger partial charge is 0.463 e. The van der Waals surface area contributed by atoms with Gasteiger partial charge in [0, 0.05) is 36.1 Å². The Balaban J connectivity index is 1.25. The number of carbonyl (C=O) groups is 3. The Morgan fingerprint density at radius 2 is 1.98 bits per heavy atom. The quantitative estimate of drug-likeness (QED) is 0.126. The Labute approximate surface area is 265 Å². The van der Waals surface area contributed by atoms with Gasteiger partial charge in [0.05, 0.1) is 19.0 Å². The van der Waals surface area contributed by atoms with Gasteiger partial charge in [-0.3, -0.25) is 9.59 Å². The molecular formula is C36H45N3O6. The maximum absolute atomic E-state index is 14.1. The average molecular weight is 616 g/mol.